The molecule has 3 nitrogen and oxygen atoms in total. The lowest BCUT2D eigenvalue weighted by molar-refractivity contribution is 0.974. The molecule has 0 aliphatic rings. The Kier molecular flexibility index (Phi) is 3.69. The average Bonchev–Trinajstić information content (AvgIpc) is 2.32. The summed E-state index contributed by atoms with van der Waals surface area (Å²) in [5, 5.41) is 0. The van der Waals surface area contributed by atoms with Gasteiger partial charge in [-0.1, -0.05) is 25.2 Å². The highest BCUT2D eigenvalue weighted by Crippen LogP contribution is 2.20. The maximum atomic E-state index is 5.22. The molecule has 0 aromatic carbocycles. The van der Waals surface area contributed by atoms with E-state index in [2.05, 4.69) is 37.8 Å². The minimum absolute atomic E-state index is 0.568. The second-order valence-electron chi connectivity index (χ2n) is 3.70. The van der Waals surface area contributed by atoms with Gasteiger partial charge in [-0.05, 0) is 41.4 Å². The third-order valence-corrected chi connectivity index (χ3v) is 3.83. The normalized spacial score (nSPS) is 10.5. The van der Waals surface area contributed by atoms with Crippen molar-refractivity contribution >= 4 is 28.1 Å². The predicted molar refractivity (Wildman–Crippen MR) is 74.5 cm³/mol. The molecule has 2 rings (SSSR count). The summed E-state index contributed by atoms with van der Waals surface area (Å²) in [4.78, 5) is 12.0. The summed E-state index contributed by atoms with van der Waals surface area (Å²) in [7, 11) is 0. The summed E-state index contributed by atoms with van der Waals surface area (Å²) < 4.78 is 1.44. The number of nitrogens with one attached hydrogen (secondary N) is 1. The minimum Gasteiger partial charge on any atom is -0.341 e. The first-order chi connectivity index (χ1) is 8.11. The summed E-state index contributed by atoms with van der Waals surface area (Å²) in [6, 6.07) is 5.84. The molecule has 0 saturated carbocycles. The highest BCUT2D eigenvalue weighted by Gasteiger charge is 2.07. The van der Waals surface area contributed by atoms with Gasteiger partial charge in [0.15, 0.2) is 5.82 Å². The van der Waals surface area contributed by atoms with Crippen LogP contribution in [0.5, 0.6) is 0 Å². The van der Waals surface area contributed by atoms with Crippen molar-refractivity contribution in [3.05, 3.63) is 38.7 Å². The van der Waals surface area contributed by atoms with Crippen LogP contribution in [-0.2, 0) is 6.42 Å². The zero-order valence-electron chi connectivity index (χ0n) is 9.62. The molecule has 88 valence electrons. The summed E-state index contributed by atoms with van der Waals surface area (Å²) in [5.41, 5.74) is 2.83. The first-order valence-corrected chi connectivity index (χ1v) is 6.54. The van der Waals surface area contributed by atoms with Crippen LogP contribution in [0, 0.1) is 11.6 Å². The summed E-state index contributed by atoms with van der Waals surface area (Å²) in [6.45, 7) is 4.02. The molecule has 2 heterocycles. The smallest absolute Gasteiger partial charge is 0.157 e. The van der Waals surface area contributed by atoms with E-state index in [1.54, 1.807) is 0 Å². The zero-order valence-corrected chi connectivity index (χ0v) is 12.0. The third kappa shape index (κ3) is 2.61. The SMILES string of the molecule is CCc1[nH]c(-c2cccc(C)n2)nc(=S)c1Br. The van der Waals surface area contributed by atoms with Crippen molar-refractivity contribution in [3.63, 3.8) is 0 Å². The van der Waals surface area contributed by atoms with Crippen molar-refractivity contribution in [3.8, 4) is 11.5 Å². The molecule has 2 aromatic heterocycles. The average molecular weight is 310 g/mol. The number of aromatic amines is 1. The molecule has 0 fully saturated rings. The molecule has 0 atom stereocenters. The van der Waals surface area contributed by atoms with E-state index in [1.165, 1.54) is 0 Å². The van der Waals surface area contributed by atoms with Crippen LogP contribution in [-0.4, -0.2) is 15.0 Å². The fraction of sp³-hybridized carbons (Fsp3) is 0.250. The van der Waals surface area contributed by atoms with Gasteiger partial charge in [-0.2, -0.15) is 0 Å². The van der Waals surface area contributed by atoms with E-state index in [9.17, 15) is 0 Å². The quantitative estimate of drug-likeness (QED) is 0.857. The van der Waals surface area contributed by atoms with Gasteiger partial charge in [0.1, 0.15) is 10.3 Å². The first-order valence-electron chi connectivity index (χ1n) is 5.34. The molecule has 0 aliphatic carbocycles. The van der Waals surface area contributed by atoms with Gasteiger partial charge in [-0.25, -0.2) is 9.97 Å². The van der Waals surface area contributed by atoms with Crippen LogP contribution in [0.1, 0.15) is 18.3 Å². The highest BCUT2D eigenvalue weighted by atomic mass is 79.9. The van der Waals surface area contributed by atoms with E-state index in [-0.39, 0.29) is 0 Å². The van der Waals surface area contributed by atoms with Gasteiger partial charge in [0.05, 0.1) is 4.47 Å². The molecule has 0 spiro atoms. The van der Waals surface area contributed by atoms with Crippen LogP contribution in [0.4, 0.5) is 0 Å². The fourth-order valence-electron chi connectivity index (χ4n) is 1.55. The molecule has 0 bridgehead atoms. The van der Waals surface area contributed by atoms with Gasteiger partial charge in [-0.3, -0.25) is 0 Å². The van der Waals surface area contributed by atoms with Gasteiger partial charge in [-0.15, -0.1) is 0 Å². The van der Waals surface area contributed by atoms with Crippen molar-refractivity contribution in [1.82, 2.24) is 15.0 Å². The molecule has 5 heteroatoms. The van der Waals surface area contributed by atoms with Crippen molar-refractivity contribution in [2.24, 2.45) is 0 Å². The molecule has 17 heavy (non-hydrogen) atoms. The van der Waals surface area contributed by atoms with E-state index >= 15 is 0 Å². The van der Waals surface area contributed by atoms with Crippen LogP contribution in [0.15, 0.2) is 22.7 Å². The third-order valence-electron chi connectivity index (χ3n) is 2.42. The molecule has 0 aliphatic heterocycles. The number of H-pyrrole nitrogens is 1. The molecule has 0 unspecified atom stereocenters. The Hall–Kier alpha value is -1.07. The van der Waals surface area contributed by atoms with Crippen molar-refractivity contribution in [2.45, 2.75) is 20.3 Å². The molecule has 2 aromatic rings. The molecular formula is C12H12BrN3S. The van der Waals surface area contributed by atoms with Crippen LogP contribution in [0.25, 0.3) is 11.5 Å². The van der Waals surface area contributed by atoms with E-state index in [4.69, 9.17) is 12.2 Å². The van der Waals surface area contributed by atoms with Crippen LogP contribution in [0.2, 0.25) is 0 Å². The Balaban J connectivity index is 2.61. The number of hydrogen-bond donors (Lipinski definition) is 1. The second kappa shape index (κ2) is 5.06. The van der Waals surface area contributed by atoms with Crippen LogP contribution in [0.3, 0.4) is 0 Å². The van der Waals surface area contributed by atoms with E-state index < -0.39 is 0 Å². The summed E-state index contributed by atoms with van der Waals surface area (Å²) in [6.07, 6.45) is 0.867. The molecule has 0 saturated heterocycles. The first kappa shape index (κ1) is 12.4. The van der Waals surface area contributed by atoms with Gasteiger partial charge >= 0.3 is 0 Å². The Morgan fingerprint density at radius 2 is 2.12 bits per heavy atom. The summed E-state index contributed by atoms with van der Waals surface area (Å²) in [5.74, 6) is 0.721. The lowest BCUT2D eigenvalue weighted by Gasteiger charge is -2.06. The summed E-state index contributed by atoms with van der Waals surface area (Å²) >= 11 is 8.66. The van der Waals surface area contributed by atoms with Crippen LogP contribution < -0.4 is 0 Å². The molecule has 0 amide bonds. The van der Waals surface area contributed by atoms with Crippen molar-refractivity contribution in [1.29, 1.82) is 0 Å². The highest BCUT2D eigenvalue weighted by molar-refractivity contribution is 9.10. The van der Waals surface area contributed by atoms with E-state index in [0.717, 1.165) is 33.8 Å². The van der Waals surface area contributed by atoms with Crippen molar-refractivity contribution in [2.75, 3.05) is 0 Å². The minimum atomic E-state index is 0.568. The number of nitrogens with zero attached hydrogens (tertiary/aromatic N) is 2. The van der Waals surface area contributed by atoms with Gasteiger partial charge < -0.3 is 4.98 Å². The maximum Gasteiger partial charge on any atom is 0.157 e. The second-order valence-corrected chi connectivity index (χ2v) is 4.88. The van der Waals surface area contributed by atoms with Crippen LogP contribution >= 0.6 is 28.1 Å². The molecule has 0 radical (unpaired) electrons. The Morgan fingerprint density at radius 3 is 2.76 bits per heavy atom. The number of rotatable bonds is 2. The fourth-order valence-corrected chi connectivity index (χ4v) is 2.23. The van der Waals surface area contributed by atoms with Crippen molar-refractivity contribution < 1.29 is 0 Å². The largest absolute Gasteiger partial charge is 0.341 e. The van der Waals surface area contributed by atoms with E-state index in [1.807, 2.05) is 25.1 Å². The number of halogens is 1. The van der Waals surface area contributed by atoms with Gasteiger partial charge in [0.2, 0.25) is 0 Å². The van der Waals surface area contributed by atoms with Gasteiger partial charge in [0, 0.05) is 11.4 Å². The van der Waals surface area contributed by atoms with Gasteiger partial charge in [0.25, 0.3) is 0 Å². The number of aryl methyl sites for hydroxylation is 2. The standard InChI is InChI=1S/C12H12BrN3S/c1-3-8-10(13)12(17)16-11(15-8)9-6-4-5-7(2)14-9/h4-6H,3H2,1-2H3,(H,15,16,17). The number of hydrogen-bond acceptors (Lipinski definition) is 3. The number of pyridine rings is 1. The predicted octanol–water partition coefficient (Wildman–Crippen LogP) is 3.83. The van der Waals surface area contributed by atoms with E-state index in [0.29, 0.717) is 4.64 Å². The topological polar surface area (TPSA) is 41.6 Å². The zero-order chi connectivity index (χ0) is 12.4. The maximum absolute atomic E-state index is 5.22. The molecular weight excluding hydrogens is 298 g/mol. The Bertz CT molecular complexity index is 607. The lowest BCUT2D eigenvalue weighted by atomic mass is 10.2. The number of aromatic nitrogens is 3. The molecule has 1 N–H and O–H groups in total. The Labute approximate surface area is 113 Å². The lowest BCUT2D eigenvalue weighted by Crippen LogP contribution is -1.99. The Morgan fingerprint density at radius 1 is 1.35 bits per heavy atom. The monoisotopic (exact) mass is 309 g/mol.